The number of aromatic nitrogens is 2. The predicted octanol–water partition coefficient (Wildman–Crippen LogP) is 3.93. The van der Waals surface area contributed by atoms with Gasteiger partial charge in [0.1, 0.15) is 16.2 Å². The molecule has 0 aliphatic carbocycles. The molecular weight excluding hydrogens is 272 g/mol. The molecule has 1 N–H and O–H groups in total. The summed E-state index contributed by atoms with van der Waals surface area (Å²) in [5, 5.41) is 0. The summed E-state index contributed by atoms with van der Waals surface area (Å²) < 4.78 is 12.3. The zero-order chi connectivity index (χ0) is 14.1. The van der Waals surface area contributed by atoms with Crippen LogP contribution in [0.1, 0.15) is 31.0 Å². The molecule has 1 aliphatic heterocycles. The normalized spacial score (nSPS) is 16.2. The largest absolute Gasteiger partial charge is 0.460 e. The zero-order valence-electron chi connectivity index (χ0n) is 11.5. The Labute approximate surface area is 122 Å². The predicted molar refractivity (Wildman–Crippen MR) is 79.2 cm³/mol. The summed E-state index contributed by atoms with van der Waals surface area (Å²) in [5.74, 6) is 1.59. The van der Waals surface area contributed by atoms with Crippen molar-refractivity contribution in [1.82, 2.24) is 9.97 Å². The molecule has 2 heterocycles. The Kier molecular flexibility index (Phi) is 3.54. The lowest BCUT2D eigenvalue weighted by Gasteiger charge is -2.28. The summed E-state index contributed by atoms with van der Waals surface area (Å²) in [6, 6.07) is 7.87. The van der Waals surface area contributed by atoms with E-state index >= 15 is 0 Å². The number of aromatic amines is 1. The first-order valence-corrected chi connectivity index (χ1v) is 7.10. The van der Waals surface area contributed by atoms with E-state index in [1.165, 1.54) is 0 Å². The Bertz CT molecular complexity index is 697. The quantitative estimate of drug-likeness (QED) is 0.869. The Morgan fingerprint density at radius 1 is 1.40 bits per heavy atom. The molecule has 0 spiro atoms. The van der Waals surface area contributed by atoms with Crippen molar-refractivity contribution in [2.24, 2.45) is 0 Å². The second-order valence-corrected chi connectivity index (χ2v) is 5.12. The Morgan fingerprint density at radius 2 is 2.20 bits per heavy atom. The molecule has 20 heavy (non-hydrogen) atoms. The molecule has 1 aliphatic rings. The highest BCUT2D eigenvalue weighted by Crippen LogP contribution is 2.41. The first kappa shape index (κ1) is 13.3. The number of nitrogens with zero attached hydrogens (tertiary/aromatic N) is 1. The van der Waals surface area contributed by atoms with Crippen molar-refractivity contribution in [1.29, 1.82) is 0 Å². The summed E-state index contributed by atoms with van der Waals surface area (Å²) in [5.41, 5.74) is 2.76. The van der Waals surface area contributed by atoms with E-state index in [1.807, 2.05) is 31.2 Å². The van der Waals surface area contributed by atoms with E-state index in [4.69, 9.17) is 21.7 Å². The number of aryl methyl sites for hydroxylation is 1. The van der Waals surface area contributed by atoms with E-state index in [9.17, 15) is 0 Å². The summed E-state index contributed by atoms with van der Waals surface area (Å²) >= 11 is 5.39. The highest BCUT2D eigenvalue weighted by atomic mass is 32.1. The van der Waals surface area contributed by atoms with Gasteiger partial charge in [0.05, 0.1) is 17.9 Å². The number of H-pyrrole nitrogens is 1. The molecule has 0 saturated heterocycles. The molecule has 1 aromatic carbocycles. The van der Waals surface area contributed by atoms with E-state index in [0.717, 1.165) is 34.8 Å². The molecule has 104 valence electrons. The van der Waals surface area contributed by atoms with Gasteiger partial charge in [-0.3, -0.25) is 0 Å². The van der Waals surface area contributed by atoms with Crippen LogP contribution in [0.3, 0.4) is 0 Å². The van der Waals surface area contributed by atoms with Gasteiger partial charge in [-0.1, -0.05) is 31.3 Å². The topological polar surface area (TPSA) is 47.1 Å². The lowest BCUT2D eigenvalue weighted by Crippen LogP contribution is -2.20. The molecule has 2 aromatic rings. The highest BCUT2D eigenvalue weighted by molar-refractivity contribution is 7.71. The highest BCUT2D eigenvalue weighted by Gasteiger charge is 2.29. The average Bonchev–Trinajstić information content (AvgIpc) is 2.44. The molecule has 3 rings (SSSR count). The maximum Gasteiger partial charge on any atom is 0.231 e. The number of ether oxygens (including phenoxy) is 2. The van der Waals surface area contributed by atoms with Gasteiger partial charge >= 0.3 is 0 Å². The molecule has 0 bridgehead atoms. The van der Waals surface area contributed by atoms with E-state index in [0.29, 0.717) is 11.2 Å². The fourth-order valence-electron chi connectivity index (χ4n) is 2.32. The molecule has 1 atom stereocenters. The van der Waals surface area contributed by atoms with Crippen LogP contribution in [0, 0.1) is 11.6 Å². The van der Waals surface area contributed by atoms with E-state index in [1.54, 1.807) is 0 Å². The van der Waals surface area contributed by atoms with Crippen molar-refractivity contribution < 1.29 is 9.47 Å². The number of para-hydroxylation sites is 1. The number of hydrogen-bond donors (Lipinski definition) is 1. The number of rotatable bonds is 3. The molecule has 5 heteroatoms. The molecule has 1 unspecified atom stereocenters. The van der Waals surface area contributed by atoms with Gasteiger partial charge in [-0.05, 0) is 25.5 Å². The fraction of sp³-hybridized carbons (Fsp3) is 0.333. The molecule has 0 saturated carbocycles. The molecule has 4 nitrogen and oxygen atoms in total. The third kappa shape index (κ3) is 2.23. The third-order valence-electron chi connectivity index (χ3n) is 3.17. The Hall–Kier alpha value is -1.72. The van der Waals surface area contributed by atoms with Crippen LogP contribution >= 0.6 is 12.2 Å². The summed E-state index contributed by atoms with van der Waals surface area (Å²) in [6.07, 6.45) is 0.434. The third-order valence-corrected chi connectivity index (χ3v) is 3.49. The molecule has 0 amide bonds. The van der Waals surface area contributed by atoms with Crippen LogP contribution in [0.25, 0.3) is 11.3 Å². The molecular formula is C15H16N2O2S. The summed E-state index contributed by atoms with van der Waals surface area (Å²) in [6.45, 7) is 4.58. The van der Waals surface area contributed by atoms with Crippen LogP contribution in [0.5, 0.6) is 5.75 Å². The number of hydrogen-bond acceptors (Lipinski definition) is 4. The van der Waals surface area contributed by atoms with Crippen LogP contribution in [-0.4, -0.2) is 16.6 Å². The monoisotopic (exact) mass is 288 g/mol. The van der Waals surface area contributed by atoms with Crippen LogP contribution in [0.2, 0.25) is 0 Å². The van der Waals surface area contributed by atoms with Gasteiger partial charge in [-0.15, -0.1) is 0 Å². The number of fused-ring (bicyclic) bond motifs is 3. The first-order chi connectivity index (χ1) is 9.70. The van der Waals surface area contributed by atoms with Gasteiger partial charge in [-0.2, -0.15) is 0 Å². The average molecular weight is 288 g/mol. The zero-order valence-corrected chi connectivity index (χ0v) is 12.3. The minimum atomic E-state index is -0.489. The lowest BCUT2D eigenvalue weighted by atomic mass is 10.0. The maximum atomic E-state index is 5.93. The Morgan fingerprint density at radius 3 is 3.00 bits per heavy atom. The van der Waals surface area contributed by atoms with Gasteiger partial charge in [-0.25, -0.2) is 4.98 Å². The Balaban J connectivity index is 2.18. The van der Waals surface area contributed by atoms with E-state index in [2.05, 4.69) is 16.9 Å². The van der Waals surface area contributed by atoms with Crippen LogP contribution < -0.4 is 4.74 Å². The smallest absolute Gasteiger partial charge is 0.231 e. The maximum absolute atomic E-state index is 5.93. The number of benzene rings is 1. The molecule has 1 aromatic heterocycles. The lowest BCUT2D eigenvalue weighted by molar-refractivity contribution is -0.0855. The van der Waals surface area contributed by atoms with Crippen molar-refractivity contribution >= 4 is 12.2 Å². The van der Waals surface area contributed by atoms with Crippen molar-refractivity contribution in [3.05, 3.63) is 40.3 Å². The van der Waals surface area contributed by atoms with Crippen molar-refractivity contribution in [3.8, 4) is 17.0 Å². The first-order valence-electron chi connectivity index (χ1n) is 6.69. The van der Waals surface area contributed by atoms with E-state index < -0.39 is 6.29 Å². The van der Waals surface area contributed by atoms with Crippen molar-refractivity contribution in [2.75, 3.05) is 6.61 Å². The molecule has 0 radical (unpaired) electrons. The van der Waals surface area contributed by atoms with E-state index in [-0.39, 0.29) is 0 Å². The van der Waals surface area contributed by atoms with Crippen molar-refractivity contribution in [3.63, 3.8) is 0 Å². The number of nitrogens with one attached hydrogen (secondary N) is 1. The van der Waals surface area contributed by atoms with Gasteiger partial charge < -0.3 is 14.5 Å². The van der Waals surface area contributed by atoms with Gasteiger partial charge in [0.15, 0.2) is 0 Å². The molecule has 0 fully saturated rings. The minimum Gasteiger partial charge on any atom is -0.460 e. The standard InChI is InChI=1S/C15H16N2O2S/c1-3-8-18-15-12-13(16-9(2)17-14(12)20)10-6-4-5-7-11(10)19-15/h4-7,15H,3,8H2,1-2H3,(H,16,17,20). The van der Waals surface area contributed by atoms with Crippen LogP contribution in [0.15, 0.2) is 24.3 Å². The van der Waals surface area contributed by atoms with Crippen LogP contribution in [-0.2, 0) is 4.74 Å². The SMILES string of the molecule is CCCOC1Oc2ccccc2-c2[nH]c(C)nc(=S)c21. The minimum absolute atomic E-state index is 0.489. The van der Waals surface area contributed by atoms with Gasteiger partial charge in [0.25, 0.3) is 0 Å². The van der Waals surface area contributed by atoms with Crippen LogP contribution in [0.4, 0.5) is 0 Å². The second-order valence-electron chi connectivity index (χ2n) is 4.73. The second kappa shape index (κ2) is 5.34. The van der Waals surface area contributed by atoms with Gasteiger partial charge in [0.2, 0.25) is 6.29 Å². The fourth-order valence-corrected chi connectivity index (χ4v) is 2.65. The summed E-state index contributed by atoms with van der Waals surface area (Å²) in [7, 11) is 0. The van der Waals surface area contributed by atoms with Gasteiger partial charge in [0, 0.05) is 5.56 Å². The summed E-state index contributed by atoms with van der Waals surface area (Å²) in [4.78, 5) is 7.61. The van der Waals surface area contributed by atoms with Crippen molar-refractivity contribution in [2.45, 2.75) is 26.6 Å².